The number of primary amides is 1. The van der Waals surface area contributed by atoms with E-state index in [-0.39, 0.29) is 37.5 Å². The minimum Gasteiger partial charge on any atom is -0.462 e. The number of nitrogens with one attached hydrogen (secondary N) is 2. The van der Waals surface area contributed by atoms with Crippen molar-refractivity contribution in [3.05, 3.63) is 48.2 Å². The third kappa shape index (κ3) is 5.71. The zero-order chi connectivity index (χ0) is 28.2. The van der Waals surface area contributed by atoms with E-state index >= 15 is 0 Å². The Morgan fingerprint density at radius 1 is 1.23 bits per heavy atom. The molecule has 1 aliphatic rings. The molecule has 0 aliphatic carbocycles. The van der Waals surface area contributed by atoms with Crippen molar-refractivity contribution in [1.82, 2.24) is 19.9 Å². The molecule has 3 aromatic rings. The predicted molar refractivity (Wildman–Crippen MR) is 136 cm³/mol. The number of aromatic nitrogens is 4. The minimum atomic E-state index is -2.15. The Kier molecular flexibility index (Phi) is 7.89. The Morgan fingerprint density at radius 2 is 1.92 bits per heavy atom. The highest BCUT2D eigenvalue weighted by Gasteiger charge is 2.54. The molecular weight excluding hydrogens is 509 g/mol. The molecule has 0 atom stereocenters. The number of hydrogen-bond donors (Lipinski definition) is 3. The lowest BCUT2D eigenvalue weighted by molar-refractivity contribution is -0.294. The number of carbonyl (C=O) groups is 2. The van der Waals surface area contributed by atoms with Crippen LogP contribution in [0.5, 0.6) is 0 Å². The molecule has 204 valence electrons. The summed E-state index contributed by atoms with van der Waals surface area (Å²) in [6.45, 7) is 4.91. The fourth-order valence-corrected chi connectivity index (χ4v) is 3.82. The maximum Gasteiger partial charge on any atom is 0.316 e. The molecule has 1 fully saturated rings. The molecule has 12 nitrogen and oxygen atoms in total. The Hall–Kier alpha value is -4.41. The summed E-state index contributed by atoms with van der Waals surface area (Å²) in [7, 11) is 0. The molecule has 13 heteroatoms. The third-order valence-corrected chi connectivity index (χ3v) is 5.91. The summed E-state index contributed by atoms with van der Waals surface area (Å²) in [5.41, 5.74) is 6.11. The minimum absolute atomic E-state index is 0.0822. The van der Waals surface area contributed by atoms with Crippen LogP contribution in [0.1, 0.15) is 33.0 Å². The summed E-state index contributed by atoms with van der Waals surface area (Å²) in [5, 5.41) is 11.8. The SMILES string of the molecule is CC(C)OC(=O)C1(C)COC(C(N)=O)(c2nc(-c3ccc(F)cc3)c(-c3ccnc(NCCC#N)n3)[nH]2)OC1. The maximum atomic E-state index is 13.7. The van der Waals surface area contributed by atoms with Crippen molar-refractivity contribution < 1.29 is 28.2 Å². The van der Waals surface area contributed by atoms with Gasteiger partial charge in [-0.25, -0.2) is 19.3 Å². The normalized spacial score (nSPS) is 20.8. The smallest absolute Gasteiger partial charge is 0.316 e. The molecular formula is C26H28FN7O5. The van der Waals surface area contributed by atoms with Crippen LogP contribution in [0, 0.1) is 22.6 Å². The Balaban J connectivity index is 1.76. The topological polar surface area (TPSA) is 178 Å². The van der Waals surface area contributed by atoms with Gasteiger partial charge in [0.1, 0.15) is 11.2 Å². The number of esters is 1. The van der Waals surface area contributed by atoms with E-state index in [4.69, 9.17) is 25.2 Å². The van der Waals surface area contributed by atoms with Gasteiger partial charge >= 0.3 is 11.8 Å². The van der Waals surface area contributed by atoms with Crippen LogP contribution in [0.25, 0.3) is 22.6 Å². The number of imidazole rings is 1. The van der Waals surface area contributed by atoms with E-state index in [1.165, 1.54) is 30.5 Å². The van der Waals surface area contributed by atoms with Crippen LogP contribution in [-0.2, 0) is 29.6 Å². The quantitative estimate of drug-likeness (QED) is 0.271. The van der Waals surface area contributed by atoms with Crippen LogP contribution >= 0.6 is 0 Å². The largest absolute Gasteiger partial charge is 0.462 e. The lowest BCUT2D eigenvalue weighted by Crippen LogP contribution is -2.56. The number of halogens is 1. The fourth-order valence-electron chi connectivity index (χ4n) is 3.82. The lowest BCUT2D eigenvalue weighted by Gasteiger charge is -2.40. The number of ether oxygens (including phenoxy) is 3. The first kappa shape index (κ1) is 27.6. The van der Waals surface area contributed by atoms with Crippen molar-refractivity contribution in [2.75, 3.05) is 25.1 Å². The van der Waals surface area contributed by atoms with Crippen LogP contribution < -0.4 is 11.1 Å². The number of aromatic amines is 1. The van der Waals surface area contributed by atoms with Gasteiger partial charge in [0.25, 0.3) is 5.91 Å². The molecule has 1 amide bonds. The number of carbonyl (C=O) groups excluding carboxylic acids is 2. The van der Waals surface area contributed by atoms with E-state index in [0.717, 1.165) is 0 Å². The number of H-pyrrole nitrogens is 1. The lowest BCUT2D eigenvalue weighted by atomic mass is 9.91. The number of nitriles is 1. The average Bonchev–Trinajstić information content (AvgIpc) is 3.35. The Morgan fingerprint density at radius 3 is 2.54 bits per heavy atom. The standard InChI is InChI=1S/C26H28FN7O5/c1-15(2)39-23(36)25(3)13-37-26(21(29)35,38-14-25)22-33-19(16-5-7-17(27)8-6-16)20(34-22)18-9-12-31-24(32-18)30-11-4-10-28/h5-9,12,15H,4,11,13-14H2,1-3H3,(H2,29,35)(H,33,34)(H,30,31,32). The number of rotatable bonds is 9. The van der Waals surface area contributed by atoms with Crippen molar-refractivity contribution in [1.29, 1.82) is 5.26 Å². The molecule has 4 N–H and O–H groups in total. The van der Waals surface area contributed by atoms with Gasteiger partial charge in [0.15, 0.2) is 5.82 Å². The first-order chi connectivity index (χ1) is 18.6. The molecule has 1 aromatic carbocycles. The molecule has 4 rings (SSSR count). The number of nitrogens with two attached hydrogens (primary N) is 1. The third-order valence-electron chi connectivity index (χ3n) is 5.91. The molecule has 2 aromatic heterocycles. The zero-order valence-corrected chi connectivity index (χ0v) is 21.7. The van der Waals surface area contributed by atoms with Crippen molar-refractivity contribution >= 4 is 17.8 Å². The van der Waals surface area contributed by atoms with Gasteiger partial charge in [0, 0.05) is 18.3 Å². The van der Waals surface area contributed by atoms with Gasteiger partial charge in [-0.15, -0.1) is 0 Å². The second-order valence-corrected chi connectivity index (χ2v) is 9.49. The van der Waals surface area contributed by atoms with Crippen molar-refractivity contribution in [3.63, 3.8) is 0 Å². The highest BCUT2D eigenvalue weighted by Crippen LogP contribution is 2.39. The Labute approximate surface area is 223 Å². The highest BCUT2D eigenvalue weighted by molar-refractivity contribution is 5.85. The summed E-state index contributed by atoms with van der Waals surface area (Å²) in [5.74, 6) is -3.94. The molecule has 0 spiro atoms. The Bertz CT molecular complexity index is 1390. The van der Waals surface area contributed by atoms with Gasteiger partial charge < -0.3 is 30.2 Å². The first-order valence-corrected chi connectivity index (χ1v) is 12.2. The van der Waals surface area contributed by atoms with Crippen molar-refractivity contribution in [3.8, 4) is 28.7 Å². The van der Waals surface area contributed by atoms with E-state index in [9.17, 15) is 14.0 Å². The molecule has 1 saturated heterocycles. The second-order valence-electron chi connectivity index (χ2n) is 9.49. The number of amides is 1. The second kappa shape index (κ2) is 11.1. The maximum absolute atomic E-state index is 13.7. The summed E-state index contributed by atoms with van der Waals surface area (Å²) in [4.78, 5) is 41.7. The van der Waals surface area contributed by atoms with Gasteiger partial charge in [0.2, 0.25) is 5.95 Å². The van der Waals surface area contributed by atoms with E-state index in [2.05, 4.69) is 25.3 Å². The van der Waals surface area contributed by atoms with Crippen LogP contribution in [0.4, 0.5) is 10.3 Å². The van der Waals surface area contributed by atoms with Crippen molar-refractivity contribution in [2.24, 2.45) is 11.1 Å². The average molecular weight is 538 g/mol. The summed E-state index contributed by atoms with van der Waals surface area (Å²) < 4.78 is 30.7. The van der Waals surface area contributed by atoms with Crippen LogP contribution in [0.2, 0.25) is 0 Å². The van der Waals surface area contributed by atoms with E-state index in [1.54, 1.807) is 26.8 Å². The number of nitrogens with zero attached hydrogens (tertiary/aromatic N) is 4. The predicted octanol–water partition coefficient (Wildman–Crippen LogP) is 2.64. The summed E-state index contributed by atoms with van der Waals surface area (Å²) >= 11 is 0. The van der Waals surface area contributed by atoms with E-state index in [0.29, 0.717) is 29.2 Å². The zero-order valence-electron chi connectivity index (χ0n) is 21.7. The number of benzene rings is 1. The molecule has 3 heterocycles. The van der Waals surface area contributed by atoms with Crippen LogP contribution in [-0.4, -0.2) is 57.7 Å². The van der Waals surface area contributed by atoms with E-state index in [1.807, 2.05) is 6.07 Å². The van der Waals surface area contributed by atoms with Crippen LogP contribution in [0.3, 0.4) is 0 Å². The number of anilines is 1. The molecule has 0 radical (unpaired) electrons. The molecule has 39 heavy (non-hydrogen) atoms. The van der Waals surface area contributed by atoms with Crippen LogP contribution in [0.15, 0.2) is 36.5 Å². The van der Waals surface area contributed by atoms with Gasteiger partial charge in [-0.05, 0) is 51.1 Å². The first-order valence-electron chi connectivity index (χ1n) is 12.2. The fraction of sp³-hybridized carbons (Fsp3) is 0.385. The monoisotopic (exact) mass is 537 g/mol. The molecule has 1 aliphatic heterocycles. The van der Waals surface area contributed by atoms with E-state index < -0.39 is 28.9 Å². The van der Waals surface area contributed by atoms with Gasteiger partial charge in [-0.3, -0.25) is 9.59 Å². The molecule has 0 unspecified atom stereocenters. The summed E-state index contributed by atoms with van der Waals surface area (Å²) in [6.07, 6.45) is 1.41. The summed E-state index contributed by atoms with van der Waals surface area (Å²) in [6, 6.07) is 9.22. The van der Waals surface area contributed by atoms with Crippen molar-refractivity contribution in [2.45, 2.75) is 39.1 Å². The molecule has 0 saturated carbocycles. The van der Waals surface area contributed by atoms with Gasteiger partial charge in [-0.1, -0.05) is 0 Å². The molecule has 0 bridgehead atoms. The van der Waals surface area contributed by atoms with Gasteiger partial charge in [0.05, 0.1) is 48.9 Å². The number of hydrogen-bond acceptors (Lipinski definition) is 10. The highest BCUT2D eigenvalue weighted by atomic mass is 19.1. The van der Waals surface area contributed by atoms with Gasteiger partial charge in [-0.2, -0.15) is 5.26 Å².